The van der Waals surface area contributed by atoms with Crippen molar-refractivity contribution in [2.75, 3.05) is 18.5 Å². The molecule has 0 fully saturated rings. The zero-order valence-electron chi connectivity index (χ0n) is 11.8. The van der Waals surface area contributed by atoms with Crippen molar-refractivity contribution < 1.29 is 4.74 Å². The Morgan fingerprint density at radius 2 is 1.95 bits per heavy atom. The Bertz CT molecular complexity index is 579. The van der Waals surface area contributed by atoms with Crippen molar-refractivity contribution in [1.29, 1.82) is 5.41 Å². The van der Waals surface area contributed by atoms with Crippen molar-refractivity contribution in [1.82, 2.24) is 4.98 Å². The van der Waals surface area contributed by atoms with Crippen LogP contribution in [0.15, 0.2) is 42.6 Å². The van der Waals surface area contributed by atoms with Gasteiger partial charge in [-0.15, -0.1) is 0 Å². The summed E-state index contributed by atoms with van der Waals surface area (Å²) >= 11 is 0. The summed E-state index contributed by atoms with van der Waals surface area (Å²) in [7, 11) is 0. The molecule has 4 nitrogen and oxygen atoms in total. The average molecular weight is 269 g/mol. The lowest BCUT2D eigenvalue weighted by Gasteiger charge is -2.11. The lowest BCUT2D eigenvalue weighted by molar-refractivity contribution is 0.340. The van der Waals surface area contributed by atoms with Crippen molar-refractivity contribution in [3.05, 3.63) is 53.7 Å². The Morgan fingerprint density at radius 1 is 1.20 bits per heavy atom. The highest BCUT2D eigenvalue weighted by molar-refractivity contribution is 6.13. The van der Waals surface area contributed by atoms with E-state index in [9.17, 15) is 0 Å². The van der Waals surface area contributed by atoms with Gasteiger partial charge in [0.25, 0.3) is 0 Å². The molecule has 1 aromatic heterocycles. The predicted octanol–water partition coefficient (Wildman–Crippen LogP) is 3.33. The van der Waals surface area contributed by atoms with Gasteiger partial charge in [0, 0.05) is 23.9 Å². The fourth-order valence-corrected chi connectivity index (χ4v) is 1.96. The van der Waals surface area contributed by atoms with Crippen molar-refractivity contribution in [2.45, 2.75) is 13.8 Å². The first kappa shape index (κ1) is 14.1. The first-order valence-electron chi connectivity index (χ1n) is 6.77. The highest BCUT2D eigenvalue weighted by Gasteiger charge is 2.10. The summed E-state index contributed by atoms with van der Waals surface area (Å²) in [6.45, 7) is 5.39. The molecule has 20 heavy (non-hydrogen) atoms. The van der Waals surface area contributed by atoms with Crippen LogP contribution in [0.1, 0.15) is 25.0 Å². The number of anilines is 1. The van der Waals surface area contributed by atoms with E-state index in [4.69, 9.17) is 10.1 Å². The van der Waals surface area contributed by atoms with Gasteiger partial charge in [0.05, 0.1) is 12.3 Å². The standard InChI is InChI=1S/C16H19N3O/c1-3-18-16-14(6-5-11-19-16)15(17)12-7-9-13(10-8-12)20-4-2/h5-11,17H,3-4H2,1-2H3,(H,18,19). The van der Waals surface area contributed by atoms with Gasteiger partial charge in [-0.05, 0) is 50.2 Å². The van der Waals surface area contributed by atoms with Crippen LogP contribution in [-0.4, -0.2) is 23.8 Å². The number of hydrogen-bond donors (Lipinski definition) is 2. The molecule has 0 aliphatic rings. The largest absolute Gasteiger partial charge is 0.494 e. The van der Waals surface area contributed by atoms with Gasteiger partial charge in [0.15, 0.2) is 0 Å². The van der Waals surface area contributed by atoms with E-state index in [2.05, 4.69) is 10.3 Å². The van der Waals surface area contributed by atoms with E-state index in [1.807, 2.05) is 50.2 Å². The molecule has 2 rings (SSSR count). The summed E-state index contributed by atoms with van der Waals surface area (Å²) in [5.41, 5.74) is 2.11. The second kappa shape index (κ2) is 6.70. The minimum atomic E-state index is 0.456. The molecule has 0 radical (unpaired) electrons. The highest BCUT2D eigenvalue weighted by atomic mass is 16.5. The zero-order chi connectivity index (χ0) is 14.4. The number of nitrogens with zero attached hydrogens (tertiary/aromatic N) is 1. The normalized spacial score (nSPS) is 10.1. The lowest BCUT2D eigenvalue weighted by Crippen LogP contribution is -2.09. The van der Waals surface area contributed by atoms with E-state index in [1.165, 1.54) is 0 Å². The van der Waals surface area contributed by atoms with Gasteiger partial charge < -0.3 is 10.1 Å². The van der Waals surface area contributed by atoms with E-state index >= 15 is 0 Å². The second-order valence-electron chi connectivity index (χ2n) is 4.26. The quantitative estimate of drug-likeness (QED) is 0.791. The van der Waals surface area contributed by atoms with Crippen molar-refractivity contribution >= 4 is 11.5 Å². The fraction of sp³-hybridized carbons (Fsp3) is 0.250. The molecule has 104 valence electrons. The topological polar surface area (TPSA) is 58.0 Å². The molecule has 1 heterocycles. The number of ether oxygens (including phenoxy) is 1. The molecule has 0 saturated heterocycles. The third-order valence-corrected chi connectivity index (χ3v) is 2.88. The molecular weight excluding hydrogens is 250 g/mol. The number of pyridine rings is 1. The van der Waals surface area contributed by atoms with Gasteiger partial charge in [-0.3, -0.25) is 5.41 Å². The molecule has 0 atom stereocenters. The van der Waals surface area contributed by atoms with Gasteiger partial charge >= 0.3 is 0 Å². The molecule has 2 N–H and O–H groups in total. The van der Waals surface area contributed by atoms with Crippen LogP contribution in [0, 0.1) is 5.41 Å². The van der Waals surface area contributed by atoms with E-state index in [0.29, 0.717) is 12.3 Å². The molecule has 0 saturated carbocycles. The summed E-state index contributed by atoms with van der Waals surface area (Å²) in [6, 6.07) is 11.3. The highest BCUT2D eigenvalue weighted by Crippen LogP contribution is 2.19. The minimum Gasteiger partial charge on any atom is -0.494 e. The predicted molar refractivity (Wildman–Crippen MR) is 81.9 cm³/mol. The Labute approximate surface area is 119 Å². The Morgan fingerprint density at radius 3 is 2.60 bits per heavy atom. The second-order valence-corrected chi connectivity index (χ2v) is 4.26. The van der Waals surface area contributed by atoms with Crippen LogP contribution in [0.3, 0.4) is 0 Å². The molecule has 4 heteroatoms. The summed E-state index contributed by atoms with van der Waals surface area (Å²) in [5, 5.41) is 11.5. The van der Waals surface area contributed by atoms with Crippen molar-refractivity contribution in [2.24, 2.45) is 0 Å². The Balaban J connectivity index is 2.26. The van der Waals surface area contributed by atoms with Gasteiger partial charge in [0.1, 0.15) is 11.6 Å². The van der Waals surface area contributed by atoms with Crippen LogP contribution >= 0.6 is 0 Å². The smallest absolute Gasteiger partial charge is 0.135 e. The molecule has 0 aliphatic heterocycles. The maximum Gasteiger partial charge on any atom is 0.135 e. The van der Waals surface area contributed by atoms with Gasteiger partial charge in [-0.25, -0.2) is 4.98 Å². The SMILES string of the molecule is CCNc1ncccc1C(=N)c1ccc(OCC)cc1. The molecule has 2 aromatic rings. The number of benzene rings is 1. The first-order valence-corrected chi connectivity index (χ1v) is 6.77. The van der Waals surface area contributed by atoms with Crippen LogP contribution < -0.4 is 10.1 Å². The molecule has 0 unspecified atom stereocenters. The minimum absolute atomic E-state index is 0.456. The van der Waals surface area contributed by atoms with E-state index in [0.717, 1.165) is 29.2 Å². The Hall–Kier alpha value is -2.36. The van der Waals surface area contributed by atoms with Gasteiger partial charge in [0.2, 0.25) is 0 Å². The third kappa shape index (κ3) is 3.15. The average Bonchev–Trinajstić information content (AvgIpc) is 2.49. The van der Waals surface area contributed by atoms with Crippen LogP contribution in [0.4, 0.5) is 5.82 Å². The van der Waals surface area contributed by atoms with Crippen LogP contribution in [-0.2, 0) is 0 Å². The monoisotopic (exact) mass is 269 g/mol. The summed E-state index contributed by atoms with van der Waals surface area (Å²) in [6.07, 6.45) is 1.73. The molecule has 0 aliphatic carbocycles. The Kier molecular flexibility index (Phi) is 4.71. The summed E-state index contributed by atoms with van der Waals surface area (Å²) in [4.78, 5) is 4.29. The van der Waals surface area contributed by atoms with Gasteiger partial charge in [-0.2, -0.15) is 0 Å². The molecule has 0 bridgehead atoms. The number of hydrogen-bond acceptors (Lipinski definition) is 4. The maximum atomic E-state index is 8.34. The first-order chi connectivity index (χ1) is 9.76. The maximum absolute atomic E-state index is 8.34. The molecule has 0 amide bonds. The van der Waals surface area contributed by atoms with E-state index in [1.54, 1.807) is 6.20 Å². The van der Waals surface area contributed by atoms with Crippen LogP contribution in [0.2, 0.25) is 0 Å². The van der Waals surface area contributed by atoms with Crippen molar-refractivity contribution in [3.63, 3.8) is 0 Å². The lowest BCUT2D eigenvalue weighted by atomic mass is 10.0. The van der Waals surface area contributed by atoms with E-state index in [-0.39, 0.29) is 0 Å². The van der Waals surface area contributed by atoms with Crippen LogP contribution in [0.5, 0.6) is 5.75 Å². The molecule has 0 spiro atoms. The van der Waals surface area contributed by atoms with Crippen LogP contribution in [0.25, 0.3) is 0 Å². The summed E-state index contributed by atoms with van der Waals surface area (Å²) < 4.78 is 5.41. The summed E-state index contributed by atoms with van der Waals surface area (Å²) in [5.74, 6) is 1.57. The number of nitrogens with one attached hydrogen (secondary N) is 2. The molecular formula is C16H19N3O. The third-order valence-electron chi connectivity index (χ3n) is 2.88. The number of rotatable bonds is 6. The molecule has 1 aromatic carbocycles. The van der Waals surface area contributed by atoms with Gasteiger partial charge in [-0.1, -0.05) is 0 Å². The van der Waals surface area contributed by atoms with E-state index < -0.39 is 0 Å². The fourth-order valence-electron chi connectivity index (χ4n) is 1.96. The van der Waals surface area contributed by atoms with Crippen molar-refractivity contribution in [3.8, 4) is 5.75 Å². The number of aromatic nitrogens is 1. The zero-order valence-corrected chi connectivity index (χ0v) is 11.8.